The second kappa shape index (κ2) is 3.25. The second-order valence-electron chi connectivity index (χ2n) is 1.90. The molecule has 1 rings (SSSR count). The van der Waals surface area contributed by atoms with E-state index in [4.69, 9.17) is 5.53 Å². The molecule has 0 fully saturated rings. The highest BCUT2D eigenvalue weighted by atomic mass is 32.1. The minimum absolute atomic E-state index is 0.481. The average Bonchev–Trinajstić information content (AvgIpc) is 2.31. The lowest BCUT2D eigenvalue weighted by atomic mass is 10.4. The van der Waals surface area contributed by atoms with E-state index >= 15 is 0 Å². The van der Waals surface area contributed by atoms with Crippen molar-refractivity contribution in [3.05, 3.63) is 32.3 Å². The second-order valence-corrected chi connectivity index (χ2v) is 3.27. The Hall–Kier alpha value is -0.990. The Morgan fingerprint density at radius 1 is 1.70 bits per heavy atom. The maximum Gasteiger partial charge on any atom is 0.0605 e. The van der Waals surface area contributed by atoms with Gasteiger partial charge in [0.25, 0.3) is 0 Å². The van der Waals surface area contributed by atoms with Crippen LogP contribution in [0.25, 0.3) is 10.4 Å². The average molecular weight is 153 g/mol. The van der Waals surface area contributed by atoms with E-state index in [9.17, 15) is 0 Å². The Balaban J connectivity index is 2.66. The first-order valence-corrected chi connectivity index (χ1v) is 3.71. The van der Waals surface area contributed by atoms with Crippen LogP contribution in [0.15, 0.2) is 17.2 Å². The molecule has 0 spiro atoms. The lowest BCUT2D eigenvalue weighted by Crippen LogP contribution is -1.66. The maximum atomic E-state index is 8.00. The molecule has 0 aliphatic rings. The van der Waals surface area contributed by atoms with Crippen LogP contribution in [-0.4, -0.2) is 0 Å². The zero-order valence-corrected chi connectivity index (χ0v) is 6.43. The molecule has 0 radical (unpaired) electrons. The highest BCUT2D eigenvalue weighted by molar-refractivity contribution is 7.11. The summed E-state index contributed by atoms with van der Waals surface area (Å²) in [4.78, 5) is 5.05. The Morgan fingerprint density at radius 3 is 3.00 bits per heavy atom. The predicted molar refractivity (Wildman–Crippen MR) is 41.9 cm³/mol. The maximum absolute atomic E-state index is 8.00. The highest BCUT2D eigenvalue weighted by Gasteiger charge is 1.92. The van der Waals surface area contributed by atoms with Gasteiger partial charge in [-0.25, -0.2) is 0 Å². The summed E-state index contributed by atoms with van der Waals surface area (Å²) in [6, 6.07) is 4.00. The summed E-state index contributed by atoms with van der Waals surface area (Å²) in [6.45, 7) is 2.51. The van der Waals surface area contributed by atoms with Gasteiger partial charge in [-0.3, -0.25) is 0 Å². The van der Waals surface area contributed by atoms with Gasteiger partial charge in [-0.1, -0.05) is 5.11 Å². The van der Waals surface area contributed by atoms with E-state index in [2.05, 4.69) is 10.0 Å². The Labute approximate surface area is 62.9 Å². The monoisotopic (exact) mass is 153 g/mol. The normalized spacial score (nSPS) is 8.90. The molecule has 0 saturated heterocycles. The van der Waals surface area contributed by atoms with Gasteiger partial charge in [0, 0.05) is 14.7 Å². The van der Waals surface area contributed by atoms with Gasteiger partial charge >= 0.3 is 0 Å². The molecular formula is C6H7N3S. The first-order valence-electron chi connectivity index (χ1n) is 2.89. The molecular weight excluding hydrogens is 146 g/mol. The molecule has 0 amide bonds. The van der Waals surface area contributed by atoms with Crippen LogP contribution in [0, 0.1) is 6.92 Å². The third-order valence-electron chi connectivity index (χ3n) is 1.09. The van der Waals surface area contributed by atoms with Gasteiger partial charge in [0.15, 0.2) is 0 Å². The molecule has 0 aliphatic carbocycles. The molecule has 0 saturated carbocycles. The molecule has 0 N–H and O–H groups in total. The van der Waals surface area contributed by atoms with Crippen LogP contribution in [0.3, 0.4) is 0 Å². The fraction of sp³-hybridized carbons (Fsp3) is 0.333. The smallest absolute Gasteiger partial charge is 0.0605 e. The number of thiophene rings is 1. The van der Waals surface area contributed by atoms with Crippen molar-refractivity contribution in [1.82, 2.24) is 0 Å². The fourth-order valence-electron chi connectivity index (χ4n) is 0.671. The lowest BCUT2D eigenvalue weighted by Gasteiger charge is -1.81. The van der Waals surface area contributed by atoms with Crippen molar-refractivity contribution >= 4 is 11.3 Å². The fourth-order valence-corrected chi connectivity index (χ4v) is 1.48. The van der Waals surface area contributed by atoms with E-state index in [1.807, 2.05) is 19.1 Å². The van der Waals surface area contributed by atoms with Gasteiger partial charge < -0.3 is 0 Å². The number of aryl methyl sites for hydroxylation is 1. The molecule has 1 heterocycles. The number of hydrogen-bond donors (Lipinski definition) is 0. The number of nitrogens with zero attached hydrogens (tertiary/aromatic N) is 3. The number of rotatable bonds is 2. The summed E-state index contributed by atoms with van der Waals surface area (Å²) in [5, 5.41) is 3.45. The molecule has 0 bridgehead atoms. The summed E-state index contributed by atoms with van der Waals surface area (Å²) < 4.78 is 0. The molecule has 52 valence electrons. The molecule has 4 heteroatoms. The van der Waals surface area contributed by atoms with Gasteiger partial charge in [0.05, 0.1) is 6.54 Å². The zero-order valence-electron chi connectivity index (χ0n) is 5.61. The third kappa shape index (κ3) is 1.76. The standard InChI is InChI=1S/C6H7N3S/c1-5-2-3-6(10-5)4-8-9-7/h2-3H,4H2,1H3. The Bertz CT molecular complexity index is 260. The van der Waals surface area contributed by atoms with Crippen molar-refractivity contribution in [3.63, 3.8) is 0 Å². The van der Waals surface area contributed by atoms with Crippen molar-refractivity contribution in [2.45, 2.75) is 13.5 Å². The van der Waals surface area contributed by atoms with Crippen LogP contribution < -0.4 is 0 Å². The Kier molecular flexibility index (Phi) is 2.31. The van der Waals surface area contributed by atoms with Crippen LogP contribution in [0.1, 0.15) is 9.75 Å². The molecule has 0 atom stereocenters. The first-order chi connectivity index (χ1) is 4.83. The van der Waals surface area contributed by atoms with Crippen molar-refractivity contribution in [1.29, 1.82) is 0 Å². The van der Waals surface area contributed by atoms with E-state index in [0.29, 0.717) is 6.54 Å². The van der Waals surface area contributed by atoms with Gasteiger partial charge in [0.1, 0.15) is 0 Å². The quantitative estimate of drug-likeness (QED) is 0.356. The summed E-state index contributed by atoms with van der Waals surface area (Å²) in [6.07, 6.45) is 0. The summed E-state index contributed by atoms with van der Waals surface area (Å²) in [7, 11) is 0. The van der Waals surface area contributed by atoms with Crippen LogP contribution in [0.4, 0.5) is 0 Å². The van der Waals surface area contributed by atoms with Crippen LogP contribution in [0.5, 0.6) is 0 Å². The van der Waals surface area contributed by atoms with E-state index in [0.717, 1.165) is 4.88 Å². The van der Waals surface area contributed by atoms with Crippen LogP contribution in [-0.2, 0) is 6.54 Å². The van der Waals surface area contributed by atoms with Gasteiger partial charge in [-0.15, -0.1) is 11.3 Å². The highest BCUT2D eigenvalue weighted by Crippen LogP contribution is 2.15. The molecule has 0 aromatic carbocycles. The van der Waals surface area contributed by atoms with Crippen molar-refractivity contribution in [3.8, 4) is 0 Å². The number of azide groups is 1. The van der Waals surface area contributed by atoms with Crippen molar-refractivity contribution in [2.24, 2.45) is 5.11 Å². The van der Waals surface area contributed by atoms with Crippen molar-refractivity contribution in [2.75, 3.05) is 0 Å². The van der Waals surface area contributed by atoms with E-state index < -0.39 is 0 Å². The predicted octanol–water partition coefficient (Wildman–Crippen LogP) is 2.87. The minimum atomic E-state index is 0.481. The topological polar surface area (TPSA) is 48.8 Å². The largest absolute Gasteiger partial charge is 0.146 e. The molecule has 3 nitrogen and oxygen atoms in total. The minimum Gasteiger partial charge on any atom is -0.146 e. The third-order valence-corrected chi connectivity index (χ3v) is 2.07. The summed E-state index contributed by atoms with van der Waals surface area (Å²) >= 11 is 1.66. The van der Waals surface area contributed by atoms with Crippen LogP contribution in [0.2, 0.25) is 0 Å². The van der Waals surface area contributed by atoms with E-state index in [1.54, 1.807) is 11.3 Å². The summed E-state index contributed by atoms with van der Waals surface area (Å²) in [5.41, 5.74) is 8.00. The summed E-state index contributed by atoms with van der Waals surface area (Å²) in [5.74, 6) is 0. The molecule has 10 heavy (non-hydrogen) atoms. The van der Waals surface area contributed by atoms with E-state index in [-0.39, 0.29) is 0 Å². The Morgan fingerprint density at radius 2 is 2.50 bits per heavy atom. The van der Waals surface area contributed by atoms with Gasteiger partial charge in [-0.2, -0.15) is 0 Å². The lowest BCUT2D eigenvalue weighted by molar-refractivity contribution is 1.08. The van der Waals surface area contributed by atoms with E-state index in [1.165, 1.54) is 4.88 Å². The van der Waals surface area contributed by atoms with Gasteiger partial charge in [0.2, 0.25) is 0 Å². The molecule has 1 aromatic rings. The van der Waals surface area contributed by atoms with Crippen LogP contribution >= 0.6 is 11.3 Å². The zero-order chi connectivity index (χ0) is 7.40. The molecule has 1 aromatic heterocycles. The molecule has 0 aliphatic heterocycles. The van der Waals surface area contributed by atoms with Gasteiger partial charge in [-0.05, 0) is 24.6 Å². The SMILES string of the molecule is Cc1ccc(CN=[N+]=[N-])s1. The number of hydrogen-bond acceptors (Lipinski definition) is 2. The first kappa shape index (κ1) is 7.12. The molecule has 0 unspecified atom stereocenters. The van der Waals surface area contributed by atoms with Crippen molar-refractivity contribution < 1.29 is 0 Å².